The molecule has 2 aromatic rings. The van der Waals surface area contributed by atoms with Crippen LogP contribution in [0.2, 0.25) is 10.0 Å². The van der Waals surface area contributed by atoms with E-state index in [9.17, 15) is 14.0 Å². The fraction of sp³-hybridized carbons (Fsp3) is 0.125. The Kier molecular flexibility index (Phi) is 5.58. The molecule has 0 aliphatic heterocycles. The van der Waals surface area contributed by atoms with Crippen molar-refractivity contribution in [2.75, 3.05) is 5.32 Å². The Morgan fingerprint density at radius 2 is 1.91 bits per heavy atom. The highest BCUT2D eigenvalue weighted by Crippen LogP contribution is 2.22. The van der Waals surface area contributed by atoms with E-state index in [-0.39, 0.29) is 16.3 Å². The molecule has 23 heavy (non-hydrogen) atoms. The first-order valence-corrected chi connectivity index (χ1v) is 7.35. The predicted octanol–water partition coefficient (Wildman–Crippen LogP) is 4.32. The molecule has 1 N–H and O–H groups in total. The molecule has 0 unspecified atom stereocenters. The first-order chi connectivity index (χ1) is 10.9. The third-order valence-electron chi connectivity index (χ3n) is 2.90. The van der Waals surface area contributed by atoms with E-state index < -0.39 is 23.8 Å². The lowest BCUT2D eigenvalue weighted by Gasteiger charge is -2.14. The van der Waals surface area contributed by atoms with Gasteiger partial charge in [-0.15, -0.1) is 0 Å². The standard InChI is InChI=1S/C16H12Cl2FNO3/c1-9(23-16(22)10-3-2-4-11(17)7-10)15(21)20-14-6-5-12(19)8-13(14)18/h2-9H,1H3,(H,20,21)/t9-/m1/s1. The Balaban J connectivity index is 2.01. The van der Waals surface area contributed by atoms with Gasteiger partial charge in [0, 0.05) is 5.02 Å². The van der Waals surface area contributed by atoms with Gasteiger partial charge in [0.1, 0.15) is 5.82 Å². The summed E-state index contributed by atoms with van der Waals surface area (Å²) in [5.74, 6) is -1.79. The maximum atomic E-state index is 13.0. The van der Waals surface area contributed by atoms with Crippen LogP contribution < -0.4 is 5.32 Å². The maximum absolute atomic E-state index is 13.0. The fourth-order valence-electron chi connectivity index (χ4n) is 1.72. The van der Waals surface area contributed by atoms with Crippen molar-refractivity contribution in [2.24, 2.45) is 0 Å². The average molecular weight is 356 g/mol. The summed E-state index contributed by atoms with van der Waals surface area (Å²) in [6, 6.07) is 9.72. The molecule has 4 nitrogen and oxygen atoms in total. The molecule has 0 bridgehead atoms. The van der Waals surface area contributed by atoms with Crippen molar-refractivity contribution in [1.29, 1.82) is 0 Å². The van der Waals surface area contributed by atoms with Gasteiger partial charge < -0.3 is 10.1 Å². The molecule has 2 rings (SSSR count). The van der Waals surface area contributed by atoms with Crippen LogP contribution in [0.5, 0.6) is 0 Å². The molecule has 0 spiro atoms. The molecule has 0 aromatic heterocycles. The van der Waals surface area contributed by atoms with Gasteiger partial charge in [-0.3, -0.25) is 4.79 Å². The molecule has 0 saturated carbocycles. The van der Waals surface area contributed by atoms with Crippen LogP contribution in [0.25, 0.3) is 0 Å². The van der Waals surface area contributed by atoms with Crippen LogP contribution >= 0.6 is 23.2 Å². The van der Waals surface area contributed by atoms with Crippen molar-refractivity contribution < 1.29 is 18.7 Å². The van der Waals surface area contributed by atoms with E-state index in [1.165, 1.54) is 25.1 Å². The minimum Gasteiger partial charge on any atom is -0.449 e. The predicted molar refractivity (Wildman–Crippen MR) is 86.4 cm³/mol. The summed E-state index contributed by atoms with van der Waals surface area (Å²) in [5, 5.41) is 2.90. The third-order valence-corrected chi connectivity index (χ3v) is 3.45. The van der Waals surface area contributed by atoms with E-state index in [2.05, 4.69) is 5.32 Å². The average Bonchev–Trinajstić information content (AvgIpc) is 2.49. The van der Waals surface area contributed by atoms with Crippen molar-refractivity contribution in [3.05, 3.63) is 63.9 Å². The first kappa shape index (κ1) is 17.2. The molecule has 7 heteroatoms. The van der Waals surface area contributed by atoms with E-state index in [1.807, 2.05) is 0 Å². The van der Waals surface area contributed by atoms with Crippen LogP contribution in [0.4, 0.5) is 10.1 Å². The van der Waals surface area contributed by atoms with Crippen molar-refractivity contribution in [3.63, 3.8) is 0 Å². The fourth-order valence-corrected chi connectivity index (χ4v) is 2.13. The Hall–Kier alpha value is -2.11. The third kappa shape index (κ3) is 4.68. The van der Waals surface area contributed by atoms with Gasteiger partial charge in [-0.05, 0) is 43.3 Å². The molecule has 0 heterocycles. The highest BCUT2D eigenvalue weighted by Gasteiger charge is 2.20. The van der Waals surface area contributed by atoms with E-state index in [0.29, 0.717) is 5.02 Å². The molecule has 120 valence electrons. The first-order valence-electron chi connectivity index (χ1n) is 6.59. The summed E-state index contributed by atoms with van der Waals surface area (Å²) in [4.78, 5) is 24.0. The van der Waals surface area contributed by atoms with E-state index in [0.717, 1.165) is 12.1 Å². The normalized spacial score (nSPS) is 11.7. The van der Waals surface area contributed by atoms with Crippen LogP contribution in [0.15, 0.2) is 42.5 Å². The quantitative estimate of drug-likeness (QED) is 0.831. The van der Waals surface area contributed by atoms with Gasteiger partial charge in [0.05, 0.1) is 16.3 Å². The van der Waals surface area contributed by atoms with Gasteiger partial charge >= 0.3 is 5.97 Å². The second-order valence-electron chi connectivity index (χ2n) is 4.67. The number of hydrogen-bond acceptors (Lipinski definition) is 3. The molecule has 1 amide bonds. The van der Waals surface area contributed by atoms with Crippen LogP contribution in [0.3, 0.4) is 0 Å². The zero-order chi connectivity index (χ0) is 17.0. The van der Waals surface area contributed by atoms with E-state index >= 15 is 0 Å². The highest BCUT2D eigenvalue weighted by atomic mass is 35.5. The number of carbonyl (C=O) groups is 2. The molecule has 0 aliphatic rings. The highest BCUT2D eigenvalue weighted by molar-refractivity contribution is 6.33. The second-order valence-corrected chi connectivity index (χ2v) is 5.51. The van der Waals surface area contributed by atoms with Crippen LogP contribution in [-0.2, 0) is 9.53 Å². The van der Waals surface area contributed by atoms with Crippen molar-refractivity contribution in [2.45, 2.75) is 13.0 Å². The number of benzene rings is 2. The summed E-state index contributed by atoms with van der Waals surface area (Å²) in [7, 11) is 0. The molecule has 0 saturated heterocycles. The lowest BCUT2D eigenvalue weighted by Crippen LogP contribution is -2.30. The van der Waals surface area contributed by atoms with Crippen LogP contribution in [0.1, 0.15) is 17.3 Å². The number of nitrogens with one attached hydrogen (secondary N) is 1. The zero-order valence-electron chi connectivity index (χ0n) is 12.0. The number of ether oxygens (including phenoxy) is 1. The summed E-state index contributed by atoms with van der Waals surface area (Å²) in [6.07, 6.45) is -1.07. The van der Waals surface area contributed by atoms with Gasteiger partial charge in [0.15, 0.2) is 6.10 Å². The number of rotatable bonds is 4. The number of anilines is 1. The Morgan fingerprint density at radius 3 is 2.57 bits per heavy atom. The van der Waals surface area contributed by atoms with Gasteiger partial charge in [0.25, 0.3) is 5.91 Å². The van der Waals surface area contributed by atoms with E-state index in [1.54, 1.807) is 12.1 Å². The van der Waals surface area contributed by atoms with Gasteiger partial charge in [-0.2, -0.15) is 0 Å². The Labute approximate surface area is 142 Å². The topological polar surface area (TPSA) is 55.4 Å². The minimum atomic E-state index is -1.07. The van der Waals surface area contributed by atoms with Gasteiger partial charge in [-0.25, -0.2) is 9.18 Å². The molecular weight excluding hydrogens is 344 g/mol. The zero-order valence-corrected chi connectivity index (χ0v) is 13.5. The Bertz CT molecular complexity index is 752. The lowest BCUT2D eigenvalue weighted by atomic mass is 10.2. The van der Waals surface area contributed by atoms with Gasteiger partial charge in [-0.1, -0.05) is 29.3 Å². The minimum absolute atomic E-state index is 0.0479. The molecule has 0 fully saturated rings. The molecule has 0 aliphatic carbocycles. The van der Waals surface area contributed by atoms with Crippen molar-refractivity contribution in [3.8, 4) is 0 Å². The summed E-state index contributed by atoms with van der Waals surface area (Å²) >= 11 is 11.6. The summed E-state index contributed by atoms with van der Waals surface area (Å²) in [5.41, 5.74) is 0.459. The maximum Gasteiger partial charge on any atom is 0.338 e. The lowest BCUT2D eigenvalue weighted by molar-refractivity contribution is -0.123. The SMILES string of the molecule is C[C@@H](OC(=O)c1cccc(Cl)c1)C(=O)Nc1ccc(F)cc1Cl. The number of halogens is 3. The number of amides is 1. The van der Waals surface area contributed by atoms with Crippen LogP contribution in [0, 0.1) is 5.82 Å². The number of hydrogen-bond donors (Lipinski definition) is 1. The number of esters is 1. The van der Waals surface area contributed by atoms with Crippen molar-refractivity contribution >= 4 is 40.8 Å². The van der Waals surface area contributed by atoms with E-state index in [4.69, 9.17) is 27.9 Å². The summed E-state index contributed by atoms with van der Waals surface area (Å²) < 4.78 is 18.0. The monoisotopic (exact) mass is 355 g/mol. The molecule has 1 atom stereocenters. The molecule has 2 aromatic carbocycles. The molecule has 0 radical (unpaired) electrons. The summed E-state index contributed by atoms with van der Waals surface area (Å²) in [6.45, 7) is 1.41. The second kappa shape index (κ2) is 7.44. The largest absolute Gasteiger partial charge is 0.449 e. The van der Waals surface area contributed by atoms with Gasteiger partial charge in [0.2, 0.25) is 0 Å². The van der Waals surface area contributed by atoms with Crippen LogP contribution in [-0.4, -0.2) is 18.0 Å². The smallest absolute Gasteiger partial charge is 0.338 e. The van der Waals surface area contributed by atoms with Crippen molar-refractivity contribution in [1.82, 2.24) is 0 Å². The number of carbonyl (C=O) groups excluding carboxylic acids is 2. The Morgan fingerprint density at radius 1 is 1.17 bits per heavy atom. The molecular formula is C16H12Cl2FNO3.